The molecule has 2 heteroatoms. The van der Waals surface area contributed by atoms with Crippen LogP contribution in [0.5, 0.6) is 0 Å². The van der Waals surface area contributed by atoms with Gasteiger partial charge in [-0.05, 0) is 19.3 Å². The minimum atomic E-state index is 0.503. The predicted octanol–water partition coefficient (Wildman–Crippen LogP) is 1.24. The fourth-order valence-corrected chi connectivity index (χ4v) is 2.07. The Bertz CT molecular complexity index is 103. The number of rotatable bonds is 0. The van der Waals surface area contributed by atoms with Gasteiger partial charge in [0.1, 0.15) is 0 Å². The predicted molar refractivity (Wildman–Crippen MR) is 35.3 cm³/mol. The average Bonchev–Trinajstić information content (AvgIpc) is 2.23. The molecular formula is C6H10OS. The molecule has 0 radical (unpaired) electrons. The van der Waals surface area contributed by atoms with E-state index in [4.69, 9.17) is 4.74 Å². The van der Waals surface area contributed by atoms with E-state index in [0.29, 0.717) is 17.5 Å². The SMILES string of the molecule is S[C@@H]1C[C@H]2CC[C@@H]1O2. The molecule has 0 aromatic carbocycles. The molecule has 0 unspecified atom stereocenters. The Hall–Kier alpha value is 0.310. The quantitative estimate of drug-likeness (QED) is 0.485. The number of hydrogen-bond acceptors (Lipinski definition) is 2. The molecule has 2 aliphatic heterocycles. The minimum Gasteiger partial charge on any atom is -0.374 e. The highest BCUT2D eigenvalue weighted by Gasteiger charge is 2.38. The number of ether oxygens (including phenoxy) is 1. The topological polar surface area (TPSA) is 9.23 Å². The van der Waals surface area contributed by atoms with Crippen LogP contribution >= 0.6 is 12.6 Å². The maximum absolute atomic E-state index is 5.51. The maximum Gasteiger partial charge on any atom is 0.0696 e. The van der Waals surface area contributed by atoms with Gasteiger partial charge in [0.15, 0.2) is 0 Å². The van der Waals surface area contributed by atoms with Crippen molar-refractivity contribution in [3.8, 4) is 0 Å². The summed E-state index contributed by atoms with van der Waals surface area (Å²) in [6.45, 7) is 0. The fraction of sp³-hybridized carbons (Fsp3) is 1.00. The zero-order chi connectivity index (χ0) is 5.56. The van der Waals surface area contributed by atoms with Crippen molar-refractivity contribution in [3.05, 3.63) is 0 Å². The molecule has 1 nitrogen and oxygen atoms in total. The Balaban J connectivity index is 2.11. The lowest BCUT2D eigenvalue weighted by atomic mass is 10.0. The van der Waals surface area contributed by atoms with Gasteiger partial charge in [0.25, 0.3) is 0 Å². The van der Waals surface area contributed by atoms with E-state index < -0.39 is 0 Å². The van der Waals surface area contributed by atoms with Crippen LogP contribution in [0, 0.1) is 0 Å². The van der Waals surface area contributed by atoms with Crippen LogP contribution < -0.4 is 0 Å². The molecule has 2 bridgehead atoms. The summed E-state index contributed by atoms with van der Waals surface area (Å²) in [5.74, 6) is 0. The molecule has 8 heavy (non-hydrogen) atoms. The summed E-state index contributed by atoms with van der Waals surface area (Å²) in [6.07, 6.45) is 4.79. The van der Waals surface area contributed by atoms with E-state index in [1.54, 1.807) is 0 Å². The second-order valence-corrected chi connectivity index (χ2v) is 3.34. The Morgan fingerprint density at radius 3 is 2.50 bits per heavy atom. The fourth-order valence-electron chi connectivity index (χ4n) is 1.61. The van der Waals surface area contributed by atoms with Gasteiger partial charge in [-0.1, -0.05) is 0 Å². The van der Waals surface area contributed by atoms with Crippen LogP contribution in [0.2, 0.25) is 0 Å². The lowest BCUT2D eigenvalue weighted by molar-refractivity contribution is 0.106. The molecule has 3 atom stereocenters. The summed E-state index contributed by atoms with van der Waals surface area (Å²) in [4.78, 5) is 0. The highest BCUT2D eigenvalue weighted by molar-refractivity contribution is 7.81. The molecule has 0 spiro atoms. The van der Waals surface area contributed by atoms with E-state index >= 15 is 0 Å². The third-order valence-corrected chi connectivity index (χ3v) is 2.62. The van der Waals surface area contributed by atoms with Crippen LogP contribution in [0.3, 0.4) is 0 Å². The Morgan fingerprint density at radius 2 is 2.25 bits per heavy atom. The van der Waals surface area contributed by atoms with Crippen molar-refractivity contribution < 1.29 is 4.74 Å². The van der Waals surface area contributed by atoms with Crippen molar-refractivity contribution in [3.63, 3.8) is 0 Å². The van der Waals surface area contributed by atoms with Gasteiger partial charge >= 0.3 is 0 Å². The molecule has 0 aromatic heterocycles. The van der Waals surface area contributed by atoms with Gasteiger partial charge in [0, 0.05) is 5.25 Å². The molecule has 2 rings (SSSR count). The number of fused-ring (bicyclic) bond motifs is 2. The first-order valence-electron chi connectivity index (χ1n) is 3.20. The lowest BCUT2D eigenvalue weighted by Crippen LogP contribution is -2.15. The summed E-state index contributed by atoms with van der Waals surface area (Å²) in [5.41, 5.74) is 0. The monoisotopic (exact) mass is 130 g/mol. The van der Waals surface area contributed by atoms with E-state index in [0.717, 1.165) is 0 Å². The van der Waals surface area contributed by atoms with Crippen molar-refractivity contribution in [2.45, 2.75) is 36.7 Å². The molecule has 2 heterocycles. The van der Waals surface area contributed by atoms with Gasteiger partial charge in [-0.25, -0.2) is 0 Å². The summed E-state index contributed by atoms with van der Waals surface area (Å²) in [6, 6.07) is 0. The first-order valence-corrected chi connectivity index (χ1v) is 3.71. The van der Waals surface area contributed by atoms with Crippen molar-refractivity contribution in [2.75, 3.05) is 0 Å². The molecule has 2 fully saturated rings. The van der Waals surface area contributed by atoms with E-state index in [9.17, 15) is 0 Å². The van der Waals surface area contributed by atoms with Crippen LogP contribution in [-0.2, 0) is 4.74 Å². The van der Waals surface area contributed by atoms with Gasteiger partial charge in [-0.3, -0.25) is 0 Å². The Labute approximate surface area is 54.8 Å². The van der Waals surface area contributed by atoms with Gasteiger partial charge < -0.3 is 4.74 Å². The van der Waals surface area contributed by atoms with Gasteiger partial charge in [0.05, 0.1) is 12.2 Å². The van der Waals surface area contributed by atoms with Gasteiger partial charge in [-0.15, -0.1) is 0 Å². The average molecular weight is 130 g/mol. The molecular weight excluding hydrogens is 120 g/mol. The van der Waals surface area contributed by atoms with Crippen LogP contribution in [0.4, 0.5) is 0 Å². The van der Waals surface area contributed by atoms with Crippen molar-refractivity contribution >= 4 is 12.6 Å². The summed E-state index contributed by atoms with van der Waals surface area (Å²) in [5, 5.41) is 0.550. The summed E-state index contributed by atoms with van der Waals surface area (Å²) < 4.78 is 5.51. The smallest absolute Gasteiger partial charge is 0.0696 e. The third-order valence-electron chi connectivity index (χ3n) is 2.07. The molecule has 0 aromatic rings. The molecule has 0 amide bonds. The van der Waals surface area contributed by atoms with Crippen LogP contribution in [-0.4, -0.2) is 17.5 Å². The Morgan fingerprint density at radius 1 is 1.38 bits per heavy atom. The summed E-state index contributed by atoms with van der Waals surface area (Å²) in [7, 11) is 0. The standard InChI is InChI=1S/C6H10OS/c8-6-3-4-1-2-5(6)7-4/h4-6,8H,1-3H2/t4-,5+,6-/m1/s1. The van der Waals surface area contributed by atoms with E-state index in [-0.39, 0.29) is 0 Å². The first-order chi connectivity index (χ1) is 3.86. The molecule has 0 N–H and O–H groups in total. The van der Waals surface area contributed by atoms with E-state index in [2.05, 4.69) is 12.6 Å². The molecule has 2 saturated heterocycles. The zero-order valence-electron chi connectivity index (χ0n) is 4.71. The molecule has 2 aliphatic rings. The molecule has 0 aliphatic carbocycles. The van der Waals surface area contributed by atoms with Gasteiger partial charge in [0.2, 0.25) is 0 Å². The second-order valence-electron chi connectivity index (χ2n) is 2.68. The highest BCUT2D eigenvalue weighted by Crippen LogP contribution is 2.36. The number of hydrogen-bond donors (Lipinski definition) is 1. The normalized spacial score (nSPS) is 52.9. The van der Waals surface area contributed by atoms with E-state index in [1.165, 1.54) is 19.3 Å². The maximum atomic E-state index is 5.51. The Kier molecular flexibility index (Phi) is 1.05. The highest BCUT2D eigenvalue weighted by atomic mass is 32.1. The lowest BCUT2D eigenvalue weighted by Gasteiger charge is -2.10. The van der Waals surface area contributed by atoms with Crippen LogP contribution in [0.15, 0.2) is 0 Å². The zero-order valence-corrected chi connectivity index (χ0v) is 5.60. The molecule has 0 saturated carbocycles. The van der Waals surface area contributed by atoms with E-state index in [1.807, 2.05) is 0 Å². The van der Waals surface area contributed by atoms with Crippen molar-refractivity contribution in [1.82, 2.24) is 0 Å². The van der Waals surface area contributed by atoms with Gasteiger partial charge in [-0.2, -0.15) is 12.6 Å². The number of thiol groups is 1. The first kappa shape index (κ1) is 5.12. The van der Waals surface area contributed by atoms with Crippen LogP contribution in [0.1, 0.15) is 19.3 Å². The largest absolute Gasteiger partial charge is 0.374 e. The van der Waals surface area contributed by atoms with Crippen LogP contribution in [0.25, 0.3) is 0 Å². The third kappa shape index (κ3) is 0.594. The van der Waals surface area contributed by atoms with Crippen molar-refractivity contribution in [2.24, 2.45) is 0 Å². The summed E-state index contributed by atoms with van der Waals surface area (Å²) >= 11 is 4.37. The van der Waals surface area contributed by atoms with Crippen molar-refractivity contribution in [1.29, 1.82) is 0 Å². The minimum absolute atomic E-state index is 0.503. The molecule has 46 valence electrons. The second kappa shape index (κ2) is 1.64.